The van der Waals surface area contributed by atoms with E-state index >= 15 is 0 Å². The van der Waals surface area contributed by atoms with Crippen LogP contribution in [0, 0.1) is 0 Å². The summed E-state index contributed by atoms with van der Waals surface area (Å²) in [4.78, 5) is 19.1. The van der Waals surface area contributed by atoms with Gasteiger partial charge in [-0.15, -0.1) is 23.2 Å². The van der Waals surface area contributed by atoms with Crippen molar-refractivity contribution in [2.45, 2.75) is 33.0 Å². The van der Waals surface area contributed by atoms with Gasteiger partial charge in [-0.05, 0) is 25.4 Å². The van der Waals surface area contributed by atoms with E-state index in [-0.39, 0.29) is 23.3 Å². The van der Waals surface area contributed by atoms with Crippen molar-refractivity contribution >= 4 is 57.1 Å². The monoisotopic (exact) mass is 328 g/mol. The van der Waals surface area contributed by atoms with Crippen LogP contribution in [0.5, 0.6) is 0 Å². The van der Waals surface area contributed by atoms with Crippen molar-refractivity contribution < 1.29 is 19.4 Å². The lowest BCUT2D eigenvalue weighted by atomic mass is 10.5. The van der Waals surface area contributed by atoms with Crippen LogP contribution in [0.25, 0.3) is 0 Å². The van der Waals surface area contributed by atoms with Crippen LogP contribution < -0.4 is 0 Å². The van der Waals surface area contributed by atoms with Gasteiger partial charge in [0.15, 0.2) is 0 Å². The summed E-state index contributed by atoms with van der Waals surface area (Å²) in [7, 11) is 0. The molecule has 0 saturated heterocycles. The van der Waals surface area contributed by atoms with Crippen LogP contribution in [0.1, 0.15) is 20.8 Å². The van der Waals surface area contributed by atoms with Gasteiger partial charge in [-0.1, -0.05) is 0 Å². The first kappa shape index (κ1) is 22.4. The molecule has 0 aliphatic rings. The molecule has 0 radical (unpaired) electrons. The van der Waals surface area contributed by atoms with Gasteiger partial charge in [0, 0.05) is 24.4 Å². The van der Waals surface area contributed by atoms with Crippen molar-refractivity contribution in [2.75, 3.05) is 11.8 Å². The highest BCUT2D eigenvalue weighted by molar-refractivity contribution is 6.62. The van der Waals surface area contributed by atoms with E-state index in [0.29, 0.717) is 5.88 Å². The average Bonchev–Trinajstić information content (AvgIpc) is 2.16. The Hall–Kier alpha value is 0.260. The second-order valence-electron chi connectivity index (χ2n) is 2.79. The minimum atomic E-state index is -0.807. The summed E-state index contributed by atoms with van der Waals surface area (Å²) in [5, 5.41) is 7.87. The molecular weight excluding hydrogens is 314 g/mol. The van der Waals surface area contributed by atoms with E-state index < -0.39 is 5.43 Å². The molecule has 0 rings (SSSR count). The average molecular weight is 330 g/mol. The van der Waals surface area contributed by atoms with Crippen LogP contribution in [0.4, 0.5) is 4.79 Å². The number of ether oxygens (including phenoxy) is 1. The Kier molecular flexibility index (Phi) is 21.5. The number of halogens is 4. The van der Waals surface area contributed by atoms with Gasteiger partial charge in [-0.25, -0.2) is 4.79 Å². The molecular formula is C9H16Cl4O4. The molecule has 0 spiro atoms. The van der Waals surface area contributed by atoms with Crippen LogP contribution in [0.15, 0.2) is 0 Å². The SMILES string of the molecule is CC(=O)Cl.CC(CCl)OC(=O)Cl.CC(O)CCl. The first-order valence-corrected chi connectivity index (χ1v) is 6.31. The molecule has 0 heterocycles. The summed E-state index contributed by atoms with van der Waals surface area (Å²) < 4.78 is 4.39. The summed E-state index contributed by atoms with van der Waals surface area (Å²) in [5.74, 6) is 0.610. The predicted octanol–water partition coefficient (Wildman–Crippen LogP) is 3.37. The van der Waals surface area contributed by atoms with Gasteiger partial charge in [0.05, 0.1) is 12.0 Å². The zero-order valence-corrected chi connectivity index (χ0v) is 12.8. The lowest BCUT2D eigenvalue weighted by Gasteiger charge is -2.03. The number of aliphatic hydroxyl groups excluding tert-OH is 1. The third-order valence-corrected chi connectivity index (χ3v) is 1.70. The van der Waals surface area contributed by atoms with Crippen molar-refractivity contribution in [1.29, 1.82) is 0 Å². The molecule has 0 amide bonds. The van der Waals surface area contributed by atoms with Gasteiger partial charge < -0.3 is 9.84 Å². The first-order valence-electron chi connectivity index (χ1n) is 4.49. The molecule has 0 saturated carbocycles. The maximum atomic E-state index is 9.90. The van der Waals surface area contributed by atoms with E-state index in [4.69, 9.17) is 39.9 Å². The molecule has 0 aromatic rings. The van der Waals surface area contributed by atoms with Crippen molar-refractivity contribution in [3.8, 4) is 0 Å². The number of rotatable bonds is 3. The lowest BCUT2D eigenvalue weighted by Crippen LogP contribution is -2.10. The zero-order valence-electron chi connectivity index (χ0n) is 9.75. The molecule has 2 unspecified atom stereocenters. The fourth-order valence-corrected chi connectivity index (χ4v) is 0.405. The molecule has 8 heteroatoms. The van der Waals surface area contributed by atoms with Crippen LogP contribution in [0.3, 0.4) is 0 Å². The molecule has 17 heavy (non-hydrogen) atoms. The largest absolute Gasteiger partial charge is 0.449 e. The molecule has 0 aliphatic heterocycles. The van der Waals surface area contributed by atoms with E-state index in [2.05, 4.69) is 16.3 Å². The normalized spacial score (nSPS) is 12.0. The smallest absolute Gasteiger partial charge is 0.404 e. The van der Waals surface area contributed by atoms with E-state index in [1.807, 2.05) is 0 Å². The van der Waals surface area contributed by atoms with Crippen molar-refractivity contribution in [2.24, 2.45) is 0 Å². The standard InChI is InChI=1S/C4H6Cl2O2.C3H7ClO.C2H3ClO/c1-3(2-5)8-4(6)7;1-3(5)2-4;1-2(3)4/h3H,2H2,1H3;3,5H,2H2,1H3;1H3. The predicted molar refractivity (Wildman–Crippen MR) is 71.5 cm³/mol. The Labute approximate surface area is 121 Å². The molecule has 0 fully saturated rings. The summed E-state index contributed by atoms with van der Waals surface area (Å²) >= 11 is 19.8. The first-order chi connectivity index (χ1) is 7.67. The second-order valence-corrected chi connectivity index (χ2v) is 4.25. The van der Waals surface area contributed by atoms with Crippen molar-refractivity contribution in [3.05, 3.63) is 0 Å². The van der Waals surface area contributed by atoms with Gasteiger partial charge in [0.2, 0.25) is 5.24 Å². The summed E-state index contributed by atoms with van der Waals surface area (Å²) in [6.45, 7) is 4.60. The van der Waals surface area contributed by atoms with Crippen molar-refractivity contribution in [3.63, 3.8) is 0 Å². The fourth-order valence-electron chi connectivity index (χ4n) is 0.190. The maximum Gasteiger partial charge on any atom is 0.404 e. The molecule has 0 bridgehead atoms. The number of carbonyl (C=O) groups excluding carboxylic acids is 2. The van der Waals surface area contributed by atoms with E-state index in [1.165, 1.54) is 6.92 Å². The summed E-state index contributed by atoms with van der Waals surface area (Å²) in [6, 6.07) is 0. The molecule has 4 nitrogen and oxygen atoms in total. The summed E-state index contributed by atoms with van der Waals surface area (Å²) in [6.07, 6.45) is -0.640. The van der Waals surface area contributed by atoms with Crippen molar-refractivity contribution in [1.82, 2.24) is 0 Å². The van der Waals surface area contributed by atoms with Gasteiger partial charge in [0.25, 0.3) is 0 Å². The number of hydrogen-bond donors (Lipinski definition) is 1. The zero-order chi connectivity index (χ0) is 14.4. The maximum absolute atomic E-state index is 9.90. The van der Waals surface area contributed by atoms with Crippen LogP contribution in [0.2, 0.25) is 0 Å². The minimum Gasteiger partial charge on any atom is -0.449 e. The molecule has 104 valence electrons. The van der Waals surface area contributed by atoms with E-state index in [9.17, 15) is 9.59 Å². The lowest BCUT2D eigenvalue weighted by molar-refractivity contribution is -0.109. The minimum absolute atomic E-state index is 0.276. The third-order valence-electron chi connectivity index (χ3n) is 0.734. The fraction of sp³-hybridized carbons (Fsp3) is 0.778. The molecule has 2 atom stereocenters. The van der Waals surface area contributed by atoms with E-state index in [1.54, 1.807) is 13.8 Å². The van der Waals surface area contributed by atoms with Gasteiger partial charge in [-0.2, -0.15) is 0 Å². The summed E-state index contributed by atoms with van der Waals surface area (Å²) in [5.41, 5.74) is -0.807. The number of carbonyl (C=O) groups is 2. The Morgan fingerprint density at radius 2 is 1.47 bits per heavy atom. The van der Waals surface area contributed by atoms with Crippen LogP contribution >= 0.6 is 46.4 Å². The third kappa shape index (κ3) is 48.5. The molecule has 0 aliphatic carbocycles. The molecule has 0 aromatic heterocycles. The number of hydrogen-bond acceptors (Lipinski definition) is 4. The second kappa shape index (κ2) is 16.3. The van der Waals surface area contributed by atoms with Crippen LogP contribution in [-0.4, -0.2) is 39.7 Å². The van der Waals surface area contributed by atoms with Crippen LogP contribution in [-0.2, 0) is 9.53 Å². The Morgan fingerprint density at radius 1 is 1.18 bits per heavy atom. The molecule has 1 N–H and O–H groups in total. The highest BCUT2D eigenvalue weighted by Gasteiger charge is 2.02. The topological polar surface area (TPSA) is 63.6 Å². The van der Waals surface area contributed by atoms with Gasteiger partial charge in [-0.3, -0.25) is 4.79 Å². The quantitative estimate of drug-likeness (QED) is 0.637. The number of aliphatic hydroxyl groups is 1. The van der Waals surface area contributed by atoms with Gasteiger partial charge in [0.1, 0.15) is 6.10 Å². The highest BCUT2D eigenvalue weighted by atomic mass is 35.5. The Balaban J connectivity index is -0.000000188. The van der Waals surface area contributed by atoms with E-state index in [0.717, 1.165) is 0 Å². The molecule has 0 aromatic carbocycles. The Bertz CT molecular complexity index is 195. The Morgan fingerprint density at radius 3 is 1.53 bits per heavy atom. The number of alkyl halides is 2. The van der Waals surface area contributed by atoms with Gasteiger partial charge >= 0.3 is 5.43 Å². The highest BCUT2D eigenvalue weighted by Crippen LogP contribution is 1.96.